The molecule has 1 unspecified atom stereocenters. The van der Waals surface area contributed by atoms with Crippen molar-refractivity contribution in [3.63, 3.8) is 0 Å². The lowest BCUT2D eigenvalue weighted by Gasteiger charge is -2.17. The van der Waals surface area contributed by atoms with Gasteiger partial charge in [0.1, 0.15) is 11.9 Å². The molecule has 2 N–H and O–H groups in total. The minimum Gasteiger partial charge on any atom is -0.484 e. The van der Waals surface area contributed by atoms with Crippen LogP contribution in [0.2, 0.25) is 0 Å². The van der Waals surface area contributed by atoms with Crippen LogP contribution < -0.4 is 10.5 Å². The third kappa shape index (κ3) is 3.17. The maximum Gasteiger partial charge on any atom is 0.419 e. The Morgan fingerprint density at radius 1 is 1.32 bits per heavy atom. The fourth-order valence-corrected chi connectivity index (χ4v) is 2.19. The third-order valence-electron chi connectivity index (χ3n) is 2.45. The number of aromatic nitrogens is 1. The Labute approximate surface area is 111 Å². The van der Waals surface area contributed by atoms with Gasteiger partial charge in [-0.15, -0.1) is 11.3 Å². The van der Waals surface area contributed by atoms with Gasteiger partial charge in [0, 0.05) is 5.38 Å². The normalized spacial score (nSPS) is 13.3. The van der Waals surface area contributed by atoms with Gasteiger partial charge in [-0.2, -0.15) is 13.2 Å². The van der Waals surface area contributed by atoms with E-state index in [1.807, 2.05) is 0 Å². The molecule has 0 saturated carbocycles. The van der Waals surface area contributed by atoms with Crippen LogP contribution in [0.15, 0.2) is 29.6 Å². The monoisotopic (exact) mass is 288 g/mol. The fourth-order valence-electron chi connectivity index (χ4n) is 1.54. The van der Waals surface area contributed by atoms with Crippen LogP contribution in [0.5, 0.6) is 5.75 Å². The Kier molecular flexibility index (Phi) is 3.66. The summed E-state index contributed by atoms with van der Waals surface area (Å²) in [7, 11) is 0. The van der Waals surface area contributed by atoms with Crippen molar-refractivity contribution in [1.29, 1.82) is 0 Å². The average Bonchev–Trinajstić information content (AvgIpc) is 2.75. The summed E-state index contributed by atoms with van der Waals surface area (Å²) in [5.74, 6) is -0.214. The number of anilines is 1. The van der Waals surface area contributed by atoms with E-state index in [9.17, 15) is 13.2 Å². The van der Waals surface area contributed by atoms with Gasteiger partial charge in [0.05, 0.1) is 11.3 Å². The lowest BCUT2D eigenvalue weighted by Crippen LogP contribution is -2.11. The maximum absolute atomic E-state index is 12.8. The summed E-state index contributed by atoms with van der Waals surface area (Å²) >= 11 is 1.22. The summed E-state index contributed by atoms with van der Waals surface area (Å²) in [6.45, 7) is 1.63. The van der Waals surface area contributed by atoms with Crippen molar-refractivity contribution in [2.45, 2.75) is 19.2 Å². The number of nitrogens with two attached hydrogens (primary N) is 1. The molecule has 0 bridgehead atoms. The summed E-state index contributed by atoms with van der Waals surface area (Å²) in [5, 5.41) is 2.02. The second-order valence-corrected chi connectivity index (χ2v) is 4.75. The summed E-state index contributed by atoms with van der Waals surface area (Å²) in [4.78, 5) is 3.99. The molecule has 3 nitrogen and oxygen atoms in total. The zero-order valence-electron chi connectivity index (χ0n) is 9.94. The molecule has 0 saturated heterocycles. The molecule has 0 aliphatic rings. The van der Waals surface area contributed by atoms with Crippen molar-refractivity contribution in [3.05, 3.63) is 40.9 Å². The van der Waals surface area contributed by atoms with Crippen LogP contribution in [0.1, 0.15) is 24.3 Å². The van der Waals surface area contributed by atoms with E-state index in [1.165, 1.54) is 29.5 Å². The van der Waals surface area contributed by atoms with E-state index in [2.05, 4.69) is 4.98 Å². The maximum atomic E-state index is 12.8. The largest absolute Gasteiger partial charge is 0.484 e. The molecule has 0 radical (unpaired) electrons. The van der Waals surface area contributed by atoms with Crippen LogP contribution >= 0.6 is 11.3 Å². The molecule has 19 heavy (non-hydrogen) atoms. The quantitative estimate of drug-likeness (QED) is 0.932. The molecule has 2 aromatic rings. The van der Waals surface area contributed by atoms with E-state index < -0.39 is 17.8 Å². The number of hydrogen-bond donors (Lipinski definition) is 1. The summed E-state index contributed by atoms with van der Waals surface area (Å²) < 4.78 is 43.7. The Morgan fingerprint density at radius 3 is 2.58 bits per heavy atom. The summed E-state index contributed by atoms with van der Waals surface area (Å²) in [6, 6.07) is 5.08. The molecule has 7 heteroatoms. The number of rotatable bonds is 3. The first kappa shape index (κ1) is 13.7. The van der Waals surface area contributed by atoms with E-state index in [0.29, 0.717) is 10.8 Å². The summed E-state index contributed by atoms with van der Waals surface area (Å²) in [5.41, 5.74) is 5.19. The van der Waals surface area contributed by atoms with Gasteiger partial charge in [-0.05, 0) is 19.1 Å². The van der Waals surface area contributed by atoms with Crippen LogP contribution in [-0.4, -0.2) is 4.98 Å². The first-order chi connectivity index (χ1) is 8.88. The smallest absolute Gasteiger partial charge is 0.419 e. The Hall–Kier alpha value is -1.76. The minimum atomic E-state index is -4.45. The second kappa shape index (κ2) is 5.08. The van der Waals surface area contributed by atoms with Crippen molar-refractivity contribution in [3.8, 4) is 5.75 Å². The third-order valence-corrected chi connectivity index (χ3v) is 3.14. The van der Waals surface area contributed by atoms with Gasteiger partial charge in [0.15, 0.2) is 5.13 Å². The lowest BCUT2D eigenvalue weighted by atomic mass is 10.2. The molecule has 0 fully saturated rings. The highest BCUT2D eigenvalue weighted by Crippen LogP contribution is 2.37. The minimum absolute atomic E-state index is 0.214. The number of ether oxygens (including phenoxy) is 1. The van der Waals surface area contributed by atoms with Crippen LogP contribution in [0.3, 0.4) is 0 Å². The molecule has 2 rings (SSSR count). The number of nitrogens with zero attached hydrogens (tertiary/aromatic N) is 1. The molecule has 1 atom stereocenters. The van der Waals surface area contributed by atoms with Gasteiger partial charge in [-0.1, -0.05) is 12.1 Å². The zero-order chi connectivity index (χ0) is 14.0. The Balaban J connectivity index is 2.24. The molecule has 1 heterocycles. The Bertz CT molecular complexity index is 568. The van der Waals surface area contributed by atoms with E-state index in [-0.39, 0.29) is 5.75 Å². The van der Waals surface area contributed by atoms with Gasteiger partial charge in [0.25, 0.3) is 0 Å². The predicted molar refractivity (Wildman–Crippen MR) is 67.0 cm³/mol. The number of para-hydroxylation sites is 1. The SMILES string of the molecule is CC(Oc1ccccc1C(F)(F)F)c1csc(N)n1. The standard InChI is InChI=1S/C12H11F3N2OS/c1-7(9-6-19-11(16)17-9)18-10-5-3-2-4-8(10)12(13,14)15/h2-7H,1H3,(H2,16,17). The van der Waals surface area contributed by atoms with Crippen molar-refractivity contribution >= 4 is 16.5 Å². The highest BCUT2D eigenvalue weighted by Gasteiger charge is 2.34. The predicted octanol–water partition coefficient (Wildman–Crippen LogP) is 3.88. The molecule has 0 aliphatic carbocycles. The number of halogens is 3. The molecule has 0 spiro atoms. The van der Waals surface area contributed by atoms with Crippen molar-refractivity contribution in [1.82, 2.24) is 4.98 Å². The highest BCUT2D eigenvalue weighted by molar-refractivity contribution is 7.13. The lowest BCUT2D eigenvalue weighted by molar-refractivity contribution is -0.139. The van der Waals surface area contributed by atoms with E-state index >= 15 is 0 Å². The molecular formula is C12H11F3N2OS. The van der Waals surface area contributed by atoms with Gasteiger partial charge in [-0.3, -0.25) is 0 Å². The molecular weight excluding hydrogens is 277 g/mol. The van der Waals surface area contributed by atoms with E-state index in [0.717, 1.165) is 6.07 Å². The van der Waals surface area contributed by atoms with Crippen molar-refractivity contribution in [2.75, 3.05) is 5.73 Å². The number of thiazole rings is 1. The van der Waals surface area contributed by atoms with Crippen LogP contribution in [0, 0.1) is 0 Å². The number of hydrogen-bond acceptors (Lipinski definition) is 4. The van der Waals surface area contributed by atoms with Crippen LogP contribution in [0.4, 0.5) is 18.3 Å². The van der Waals surface area contributed by atoms with E-state index in [4.69, 9.17) is 10.5 Å². The van der Waals surface area contributed by atoms with Gasteiger partial charge in [0.2, 0.25) is 0 Å². The van der Waals surface area contributed by atoms with Crippen LogP contribution in [0.25, 0.3) is 0 Å². The second-order valence-electron chi connectivity index (χ2n) is 3.86. The molecule has 1 aromatic heterocycles. The van der Waals surface area contributed by atoms with Crippen LogP contribution in [-0.2, 0) is 6.18 Å². The van der Waals surface area contributed by atoms with Crippen molar-refractivity contribution < 1.29 is 17.9 Å². The molecule has 0 aliphatic heterocycles. The van der Waals surface area contributed by atoms with Crippen molar-refractivity contribution in [2.24, 2.45) is 0 Å². The Morgan fingerprint density at radius 2 is 2.00 bits per heavy atom. The van der Waals surface area contributed by atoms with Gasteiger partial charge >= 0.3 is 6.18 Å². The van der Waals surface area contributed by atoms with Gasteiger partial charge in [-0.25, -0.2) is 4.98 Å². The topological polar surface area (TPSA) is 48.1 Å². The first-order valence-corrected chi connectivity index (χ1v) is 6.29. The molecule has 102 valence electrons. The zero-order valence-corrected chi connectivity index (χ0v) is 10.8. The molecule has 0 amide bonds. The number of alkyl halides is 3. The van der Waals surface area contributed by atoms with E-state index in [1.54, 1.807) is 12.3 Å². The highest BCUT2D eigenvalue weighted by atomic mass is 32.1. The fraction of sp³-hybridized carbons (Fsp3) is 0.250. The number of nitrogen functional groups attached to an aromatic ring is 1. The first-order valence-electron chi connectivity index (χ1n) is 5.41. The van der Waals surface area contributed by atoms with Gasteiger partial charge < -0.3 is 10.5 Å². The average molecular weight is 288 g/mol. The number of benzene rings is 1. The molecule has 1 aromatic carbocycles. The summed E-state index contributed by atoms with van der Waals surface area (Å²) in [6.07, 6.45) is -5.05.